The molecule has 0 aromatic carbocycles. The lowest BCUT2D eigenvalue weighted by molar-refractivity contribution is 0.252. The van der Waals surface area contributed by atoms with E-state index in [1.807, 2.05) is 0 Å². The van der Waals surface area contributed by atoms with Gasteiger partial charge in [-0.15, -0.1) is 0 Å². The molecule has 1 aromatic rings. The van der Waals surface area contributed by atoms with E-state index in [2.05, 4.69) is 15.6 Å². The number of carbonyl (C=O) groups is 1. The third-order valence-corrected chi connectivity index (χ3v) is 1.35. The van der Waals surface area contributed by atoms with Crippen molar-refractivity contribution in [2.45, 2.75) is 0 Å². The number of pyridine rings is 1. The molecular formula is C8H12N4O. The molecule has 5 nitrogen and oxygen atoms in total. The van der Waals surface area contributed by atoms with E-state index in [0.29, 0.717) is 18.8 Å². The smallest absolute Gasteiger partial charge is 0.319 e. The van der Waals surface area contributed by atoms with Crippen molar-refractivity contribution in [1.29, 1.82) is 0 Å². The Bertz CT molecular complexity index is 262. The van der Waals surface area contributed by atoms with E-state index in [1.165, 1.54) is 0 Å². The van der Waals surface area contributed by atoms with Gasteiger partial charge in [-0.3, -0.25) is 4.98 Å². The van der Waals surface area contributed by atoms with Crippen molar-refractivity contribution >= 4 is 11.7 Å². The number of nitrogens with one attached hydrogen (secondary N) is 2. The van der Waals surface area contributed by atoms with Gasteiger partial charge in [0.2, 0.25) is 0 Å². The molecule has 5 heteroatoms. The topological polar surface area (TPSA) is 80.0 Å². The fourth-order valence-corrected chi connectivity index (χ4v) is 0.798. The first-order valence-corrected chi connectivity index (χ1v) is 3.98. The van der Waals surface area contributed by atoms with Gasteiger partial charge in [-0.2, -0.15) is 0 Å². The van der Waals surface area contributed by atoms with Crippen molar-refractivity contribution in [3.63, 3.8) is 0 Å². The lowest BCUT2D eigenvalue weighted by atomic mass is 10.4. The summed E-state index contributed by atoms with van der Waals surface area (Å²) in [6.07, 6.45) is 3.21. The summed E-state index contributed by atoms with van der Waals surface area (Å²) < 4.78 is 0. The lowest BCUT2D eigenvalue weighted by Gasteiger charge is -2.04. The standard InChI is InChI=1S/C8H12N4O/c9-3-5-11-8(13)12-7-2-1-4-10-6-7/h1-2,4,6H,3,5,9H2,(H2,11,12,13). The Hall–Kier alpha value is -1.62. The van der Waals surface area contributed by atoms with Crippen LogP contribution in [0.3, 0.4) is 0 Å². The quantitative estimate of drug-likeness (QED) is 0.620. The summed E-state index contributed by atoms with van der Waals surface area (Å²) in [6.45, 7) is 0.895. The van der Waals surface area contributed by atoms with Crippen molar-refractivity contribution in [2.24, 2.45) is 5.73 Å². The molecule has 4 N–H and O–H groups in total. The summed E-state index contributed by atoms with van der Waals surface area (Å²) in [5.41, 5.74) is 5.88. The Morgan fingerprint density at radius 2 is 2.46 bits per heavy atom. The predicted octanol–water partition coefficient (Wildman–Crippen LogP) is 0.162. The minimum Gasteiger partial charge on any atom is -0.337 e. The maximum absolute atomic E-state index is 11.1. The second-order valence-electron chi connectivity index (χ2n) is 2.41. The van der Waals surface area contributed by atoms with Gasteiger partial charge in [-0.25, -0.2) is 4.79 Å². The molecule has 1 rings (SSSR count). The summed E-state index contributed by atoms with van der Waals surface area (Å²) in [7, 11) is 0. The third kappa shape index (κ3) is 3.53. The molecular weight excluding hydrogens is 168 g/mol. The Labute approximate surface area is 76.3 Å². The van der Waals surface area contributed by atoms with Crippen LogP contribution in [0.1, 0.15) is 0 Å². The van der Waals surface area contributed by atoms with Crippen molar-refractivity contribution in [1.82, 2.24) is 10.3 Å². The van der Waals surface area contributed by atoms with Gasteiger partial charge >= 0.3 is 6.03 Å². The number of nitrogens with zero attached hydrogens (tertiary/aromatic N) is 1. The van der Waals surface area contributed by atoms with E-state index in [0.717, 1.165) is 0 Å². The number of rotatable bonds is 3. The highest BCUT2D eigenvalue weighted by Gasteiger charge is 1.98. The van der Waals surface area contributed by atoms with Gasteiger partial charge in [0, 0.05) is 19.3 Å². The summed E-state index contributed by atoms with van der Waals surface area (Å²) in [6, 6.07) is 3.24. The summed E-state index contributed by atoms with van der Waals surface area (Å²) in [5.74, 6) is 0. The molecule has 0 unspecified atom stereocenters. The molecule has 0 atom stereocenters. The maximum Gasteiger partial charge on any atom is 0.319 e. The highest BCUT2D eigenvalue weighted by Crippen LogP contribution is 2.01. The molecule has 0 spiro atoms. The summed E-state index contributed by atoms with van der Waals surface area (Å²) in [4.78, 5) is 14.9. The van der Waals surface area contributed by atoms with Crippen LogP contribution in [0.25, 0.3) is 0 Å². The lowest BCUT2D eigenvalue weighted by Crippen LogP contribution is -2.32. The van der Waals surface area contributed by atoms with Crippen LogP contribution in [0.5, 0.6) is 0 Å². The van der Waals surface area contributed by atoms with E-state index < -0.39 is 0 Å². The van der Waals surface area contributed by atoms with E-state index in [9.17, 15) is 4.79 Å². The van der Waals surface area contributed by atoms with Gasteiger partial charge in [-0.1, -0.05) is 0 Å². The first-order valence-electron chi connectivity index (χ1n) is 3.98. The van der Waals surface area contributed by atoms with E-state index >= 15 is 0 Å². The summed E-state index contributed by atoms with van der Waals surface area (Å²) >= 11 is 0. The van der Waals surface area contributed by atoms with Gasteiger partial charge in [0.1, 0.15) is 0 Å². The highest BCUT2D eigenvalue weighted by atomic mass is 16.2. The van der Waals surface area contributed by atoms with Gasteiger partial charge in [0.25, 0.3) is 0 Å². The Kier molecular flexibility index (Phi) is 3.72. The van der Waals surface area contributed by atoms with E-state index in [4.69, 9.17) is 5.73 Å². The molecule has 1 heterocycles. The van der Waals surface area contributed by atoms with Crippen LogP contribution in [0, 0.1) is 0 Å². The Morgan fingerprint density at radius 3 is 3.08 bits per heavy atom. The van der Waals surface area contributed by atoms with Crippen molar-refractivity contribution in [3.8, 4) is 0 Å². The minimum absolute atomic E-state index is 0.265. The number of anilines is 1. The third-order valence-electron chi connectivity index (χ3n) is 1.35. The van der Waals surface area contributed by atoms with Crippen molar-refractivity contribution < 1.29 is 4.79 Å². The van der Waals surface area contributed by atoms with Gasteiger partial charge in [0.05, 0.1) is 11.9 Å². The zero-order valence-corrected chi connectivity index (χ0v) is 7.16. The van der Waals surface area contributed by atoms with Crippen LogP contribution in [-0.2, 0) is 0 Å². The summed E-state index contributed by atoms with van der Waals surface area (Å²) in [5, 5.41) is 5.19. The molecule has 13 heavy (non-hydrogen) atoms. The fraction of sp³-hybridized carbons (Fsp3) is 0.250. The molecule has 0 fully saturated rings. The fourth-order valence-electron chi connectivity index (χ4n) is 0.798. The van der Waals surface area contributed by atoms with Crippen LogP contribution in [0.2, 0.25) is 0 Å². The molecule has 70 valence electrons. The molecule has 0 saturated carbocycles. The molecule has 2 amide bonds. The number of hydrogen-bond donors (Lipinski definition) is 3. The highest BCUT2D eigenvalue weighted by molar-refractivity contribution is 5.88. The zero-order chi connectivity index (χ0) is 9.52. The van der Waals surface area contributed by atoms with Crippen LogP contribution in [0.15, 0.2) is 24.5 Å². The van der Waals surface area contributed by atoms with Crippen LogP contribution in [-0.4, -0.2) is 24.1 Å². The van der Waals surface area contributed by atoms with E-state index in [-0.39, 0.29) is 6.03 Å². The van der Waals surface area contributed by atoms with Gasteiger partial charge < -0.3 is 16.4 Å². The maximum atomic E-state index is 11.1. The molecule has 0 saturated heterocycles. The number of carbonyl (C=O) groups excluding carboxylic acids is 1. The molecule has 0 aliphatic heterocycles. The molecule has 0 radical (unpaired) electrons. The molecule has 0 aliphatic rings. The van der Waals surface area contributed by atoms with Crippen molar-refractivity contribution in [2.75, 3.05) is 18.4 Å². The second-order valence-corrected chi connectivity index (χ2v) is 2.41. The largest absolute Gasteiger partial charge is 0.337 e. The number of aromatic nitrogens is 1. The zero-order valence-electron chi connectivity index (χ0n) is 7.16. The predicted molar refractivity (Wildman–Crippen MR) is 50.3 cm³/mol. The number of amides is 2. The minimum atomic E-state index is -0.265. The van der Waals surface area contributed by atoms with Crippen LogP contribution in [0.4, 0.5) is 10.5 Å². The molecule has 0 aliphatic carbocycles. The van der Waals surface area contributed by atoms with Crippen LogP contribution >= 0.6 is 0 Å². The Morgan fingerprint density at radius 1 is 1.62 bits per heavy atom. The van der Waals surface area contributed by atoms with Crippen LogP contribution < -0.4 is 16.4 Å². The average Bonchev–Trinajstić information content (AvgIpc) is 2.16. The van der Waals surface area contributed by atoms with E-state index in [1.54, 1.807) is 24.5 Å². The monoisotopic (exact) mass is 180 g/mol. The van der Waals surface area contributed by atoms with Crippen molar-refractivity contribution in [3.05, 3.63) is 24.5 Å². The van der Waals surface area contributed by atoms with Gasteiger partial charge in [0.15, 0.2) is 0 Å². The molecule has 0 bridgehead atoms. The number of nitrogens with two attached hydrogens (primary N) is 1. The number of urea groups is 1. The first kappa shape index (κ1) is 9.47. The average molecular weight is 180 g/mol. The Balaban J connectivity index is 2.37. The second kappa shape index (κ2) is 5.10. The molecule has 1 aromatic heterocycles. The van der Waals surface area contributed by atoms with Gasteiger partial charge in [-0.05, 0) is 12.1 Å². The SMILES string of the molecule is NCCNC(=O)Nc1cccnc1. The first-order chi connectivity index (χ1) is 6.33. The normalized spacial score (nSPS) is 9.31. The number of hydrogen-bond acceptors (Lipinski definition) is 3.